The molecule has 1 aromatic heterocycles. The van der Waals surface area contributed by atoms with Gasteiger partial charge in [0.1, 0.15) is 11.5 Å². The van der Waals surface area contributed by atoms with E-state index in [1.165, 1.54) is 0 Å². The smallest absolute Gasteiger partial charge is 0.246 e. The Bertz CT molecular complexity index is 657. The molecular formula is C15H17N3O4. The van der Waals surface area contributed by atoms with Crippen molar-refractivity contribution >= 4 is 5.91 Å². The second-order valence-electron chi connectivity index (χ2n) is 5.11. The summed E-state index contributed by atoms with van der Waals surface area (Å²) >= 11 is 0. The molecule has 0 spiro atoms. The molecule has 1 amide bonds. The van der Waals surface area contributed by atoms with E-state index in [-0.39, 0.29) is 18.4 Å². The van der Waals surface area contributed by atoms with Gasteiger partial charge in [0, 0.05) is 17.5 Å². The highest BCUT2D eigenvalue weighted by Gasteiger charge is 2.29. The first-order valence-corrected chi connectivity index (χ1v) is 7.03. The zero-order valence-electron chi connectivity index (χ0n) is 12.5. The summed E-state index contributed by atoms with van der Waals surface area (Å²) in [6, 6.07) is 5.35. The number of ether oxygens (including phenoxy) is 2. The van der Waals surface area contributed by atoms with E-state index in [9.17, 15) is 4.79 Å². The Morgan fingerprint density at radius 2 is 1.95 bits per heavy atom. The van der Waals surface area contributed by atoms with E-state index in [0.717, 1.165) is 18.4 Å². The van der Waals surface area contributed by atoms with Crippen molar-refractivity contribution in [1.29, 1.82) is 0 Å². The van der Waals surface area contributed by atoms with E-state index in [4.69, 9.17) is 14.0 Å². The summed E-state index contributed by atoms with van der Waals surface area (Å²) in [6.45, 7) is 0.240. The number of benzene rings is 1. The lowest BCUT2D eigenvalue weighted by atomic mass is 10.2. The minimum atomic E-state index is 0.0443. The molecule has 3 rings (SSSR count). The summed E-state index contributed by atoms with van der Waals surface area (Å²) in [7, 11) is 3.15. The average Bonchev–Trinajstić information content (AvgIpc) is 3.30. The Morgan fingerprint density at radius 3 is 2.55 bits per heavy atom. The first-order valence-electron chi connectivity index (χ1n) is 7.03. The lowest BCUT2D eigenvalue weighted by molar-refractivity contribution is -0.122. The van der Waals surface area contributed by atoms with Crippen LogP contribution >= 0.6 is 0 Å². The Kier molecular flexibility index (Phi) is 3.95. The fraction of sp³-hybridized carbons (Fsp3) is 0.400. The maximum atomic E-state index is 11.6. The van der Waals surface area contributed by atoms with Crippen LogP contribution in [0, 0.1) is 5.92 Å². The molecule has 1 N–H and O–H groups in total. The van der Waals surface area contributed by atoms with Gasteiger partial charge in [-0.05, 0) is 25.0 Å². The SMILES string of the molecule is COc1cc(OC)cc(-c2noc(CNC(=O)C3CC3)n2)c1. The fourth-order valence-corrected chi connectivity index (χ4v) is 2.03. The van der Waals surface area contributed by atoms with Crippen molar-refractivity contribution in [2.75, 3.05) is 14.2 Å². The molecule has 22 heavy (non-hydrogen) atoms. The Hall–Kier alpha value is -2.57. The zero-order valence-corrected chi connectivity index (χ0v) is 12.5. The summed E-state index contributed by atoms with van der Waals surface area (Å²) in [5.74, 6) is 2.27. The van der Waals surface area contributed by atoms with Gasteiger partial charge in [0.2, 0.25) is 17.6 Å². The van der Waals surface area contributed by atoms with Crippen LogP contribution in [0.3, 0.4) is 0 Å². The second kappa shape index (κ2) is 6.05. The molecule has 1 saturated carbocycles. The molecule has 1 aliphatic carbocycles. The van der Waals surface area contributed by atoms with Crippen molar-refractivity contribution in [2.24, 2.45) is 5.92 Å². The number of carbonyl (C=O) groups excluding carboxylic acids is 1. The maximum Gasteiger partial charge on any atom is 0.246 e. The predicted molar refractivity (Wildman–Crippen MR) is 77.4 cm³/mol. The molecule has 7 nitrogen and oxygen atoms in total. The van der Waals surface area contributed by atoms with Crippen LogP contribution in [-0.4, -0.2) is 30.3 Å². The molecule has 0 aliphatic heterocycles. The van der Waals surface area contributed by atoms with Crippen LogP contribution in [0.4, 0.5) is 0 Å². The molecule has 0 bridgehead atoms. The van der Waals surface area contributed by atoms with Crippen molar-refractivity contribution in [2.45, 2.75) is 19.4 Å². The van der Waals surface area contributed by atoms with Gasteiger partial charge in [-0.1, -0.05) is 5.16 Å². The van der Waals surface area contributed by atoms with Gasteiger partial charge in [0.25, 0.3) is 0 Å². The van der Waals surface area contributed by atoms with Crippen LogP contribution in [0.2, 0.25) is 0 Å². The summed E-state index contributed by atoms with van der Waals surface area (Å²) in [5, 5.41) is 6.71. The third-order valence-corrected chi connectivity index (χ3v) is 3.44. The van der Waals surface area contributed by atoms with E-state index >= 15 is 0 Å². The molecule has 7 heteroatoms. The van der Waals surface area contributed by atoms with Gasteiger partial charge in [-0.25, -0.2) is 0 Å². The van der Waals surface area contributed by atoms with E-state index < -0.39 is 0 Å². The molecule has 0 saturated heterocycles. The van der Waals surface area contributed by atoms with Crippen molar-refractivity contribution in [1.82, 2.24) is 15.5 Å². The van der Waals surface area contributed by atoms with Gasteiger partial charge in [0.05, 0.1) is 20.8 Å². The highest BCUT2D eigenvalue weighted by atomic mass is 16.5. The highest BCUT2D eigenvalue weighted by Crippen LogP contribution is 2.29. The number of hydrogen-bond acceptors (Lipinski definition) is 6. The van der Waals surface area contributed by atoms with Crippen LogP contribution in [-0.2, 0) is 11.3 Å². The molecule has 1 aromatic carbocycles. The molecule has 0 radical (unpaired) electrons. The quantitative estimate of drug-likeness (QED) is 0.875. The molecule has 1 fully saturated rings. The lowest BCUT2D eigenvalue weighted by Crippen LogP contribution is -2.24. The standard InChI is InChI=1S/C15H17N3O4/c1-20-11-5-10(6-12(7-11)21-2)14-17-13(22-18-14)8-16-15(19)9-3-4-9/h5-7,9H,3-4,8H2,1-2H3,(H,16,19). The number of aromatic nitrogens is 2. The topological polar surface area (TPSA) is 86.5 Å². The number of nitrogens with one attached hydrogen (secondary N) is 1. The number of hydrogen-bond donors (Lipinski definition) is 1. The number of carbonyl (C=O) groups is 1. The normalized spacial score (nSPS) is 13.7. The minimum absolute atomic E-state index is 0.0443. The maximum absolute atomic E-state index is 11.6. The third kappa shape index (κ3) is 3.19. The van der Waals surface area contributed by atoms with Crippen LogP contribution in [0.15, 0.2) is 22.7 Å². The molecular weight excluding hydrogens is 286 g/mol. The fourth-order valence-electron chi connectivity index (χ4n) is 2.03. The number of amides is 1. The Morgan fingerprint density at radius 1 is 1.27 bits per heavy atom. The first-order chi connectivity index (χ1) is 10.7. The first kappa shape index (κ1) is 14.4. The summed E-state index contributed by atoms with van der Waals surface area (Å²) < 4.78 is 15.6. The van der Waals surface area contributed by atoms with Crippen molar-refractivity contribution in [3.63, 3.8) is 0 Å². The molecule has 0 unspecified atom stereocenters. The van der Waals surface area contributed by atoms with Crippen molar-refractivity contribution in [3.05, 3.63) is 24.1 Å². The van der Waals surface area contributed by atoms with Crippen LogP contribution in [0.5, 0.6) is 11.5 Å². The number of methoxy groups -OCH3 is 2. The zero-order chi connectivity index (χ0) is 15.5. The average molecular weight is 303 g/mol. The highest BCUT2D eigenvalue weighted by molar-refractivity contribution is 5.80. The summed E-state index contributed by atoms with van der Waals surface area (Å²) in [5.41, 5.74) is 0.722. The van der Waals surface area contributed by atoms with Gasteiger partial charge in [0.15, 0.2) is 0 Å². The van der Waals surface area contributed by atoms with Crippen molar-refractivity contribution in [3.8, 4) is 22.9 Å². The summed E-state index contributed by atoms with van der Waals surface area (Å²) in [4.78, 5) is 15.9. The Labute approximate surface area is 127 Å². The monoisotopic (exact) mass is 303 g/mol. The van der Waals surface area contributed by atoms with E-state index in [1.54, 1.807) is 32.4 Å². The third-order valence-electron chi connectivity index (χ3n) is 3.44. The van der Waals surface area contributed by atoms with Gasteiger partial charge >= 0.3 is 0 Å². The van der Waals surface area contributed by atoms with Crippen LogP contribution in [0.1, 0.15) is 18.7 Å². The largest absolute Gasteiger partial charge is 0.497 e. The number of nitrogens with zero attached hydrogens (tertiary/aromatic N) is 2. The molecule has 0 atom stereocenters. The molecule has 1 aliphatic rings. The van der Waals surface area contributed by atoms with Crippen LogP contribution < -0.4 is 14.8 Å². The molecule has 1 heterocycles. The van der Waals surface area contributed by atoms with Gasteiger partial charge in [-0.15, -0.1) is 0 Å². The molecule has 2 aromatic rings. The number of rotatable bonds is 6. The second-order valence-corrected chi connectivity index (χ2v) is 5.11. The van der Waals surface area contributed by atoms with Gasteiger partial charge in [-0.2, -0.15) is 4.98 Å². The minimum Gasteiger partial charge on any atom is -0.497 e. The molecule has 116 valence electrons. The van der Waals surface area contributed by atoms with Crippen LogP contribution in [0.25, 0.3) is 11.4 Å². The summed E-state index contributed by atoms with van der Waals surface area (Å²) in [6.07, 6.45) is 1.93. The van der Waals surface area contributed by atoms with E-state index in [2.05, 4.69) is 15.5 Å². The lowest BCUT2D eigenvalue weighted by Gasteiger charge is -2.05. The van der Waals surface area contributed by atoms with Gasteiger partial charge < -0.3 is 19.3 Å². The van der Waals surface area contributed by atoms with Crippen molar-refractivity contribution < 1.29 is 18.8 Å². The van der Waals surface area contributed by atoms with Gasteiger partial charge in [-0.3, -0.25) is 4.79 Å². The van der Waals surface area contributed by atoms with E-state index in [0.29, 0.717) is 23.2 Å². The Balaban J connectivity index is 1.73. The predicted octanol–water partition coefficient (Wildman–Crippen LogP) is 1.78. The van der Waals surface area contributed by atoms with E-state index in [1.807, 2.05) is 0 Å².